The van der Waals surface area contributed by atoms with Gasteiger partial charge in [-0.25, -0.2) is 9.37 Å². The molecule has 1 amide bonds. The first-order valence-corrected chi connectivity index (χ1v) is 9.91. The van der Waals surface area contributed by atoms with E-state index >= 15 is 0 Å². The molecule has 2 N–H and O–H groups in total. The van der Waals surface area contributed by atoms with E-state index < -0.39 is 11.9 Å². The lowest BCUT2D eigenvalue weighted by atomic mass is 10.1. The summed E-state index contributed by atoms with van der Waals surface area (Å²) in [6.07, 6.45) is 0. The van der Waals surface area contributed by atoms with Crippen LogP contribution in [0.3, 0.4) is 0 Å². The average Bonchev–Trinajstić information content (AvgIpc) is 3.13. The van der Waals surface area contributed by atoms with E-state index in [1.165, 1.54) is 28.0 Å². The predicted molar refractivity (Wildman–Crippen MR) is 113 cm³/mol. The lowest BCUT2D eigenvalue weighted by molar-refractivity contribution is -0.120. The summed E-state index contributed by atoms with van der Waals surface area (Å²) < 4.78 is 14.7. The molecule has 0 saturated carbocycles. The maximum atomic E-state index is 13.5. The van der Waals surface area contributed by atoms with Crippen LogP contribution in [-0.2, 0) is 4.79 Å². The van der Waals surface area contributed by atoms with Crippen LogP contribution in [0, 0.1) is 12.7 Å². The van der Waals surface area contributed by atoms with Crippen molar-refractivity contribution in [2.24, 2.45) is 5.73 Å². The van der Waals surface area contributed by atoms with Crippen molar-refractivity contribution >= 4 is 27.5 Å². The second kappa shape index (κ2) is 7.25. The van der Waals surface area contributed by atoms with Crippen LogP contribution in [-0.4, -0.2) is 15.5 Å². The molecule has 0 aliphatic heterocycles. The summed E-state index contributed by atoms with van der Waals surface area (Å²) in [5, 5.41) is 2.22. The fourth-order valence-corrected chi connectivity index (χ4v) is 4.18. The minimum atomic E-state index is -0.878. The molecule has 4 rings (SSSR count). The van der Waals surface area contributed by atoms with E-state index in [1.54, 1.807) is 19.1 Å². The Bertz CT molecular complexity index is 1270. The number of aromatic nitrogens is 2. The van der Waals surface area contributed by atoms with Crippen molar-refractivity contribution in [3.8, 4) is 22.5 Å². The van der Waals surface area contributed by atoms with Gasteiger partial charge >= 0.3 is 0 Å². The maximum Gasteiger partial charge on any atom is 0.263 e. The number of benzene rings is 2. The Morgan fingerprint density at radius 3 is 2.34 bits per heavy atom. The highest BCUT2D eigenvalue weighted by atomic mass is 32.1. The highest BCUT2D eigenvalue weighted by Crippen LogP contribution is 2.33. The molecule has 2 aromatic carbocycles. The number of thiophene rings is 1. The van der Waals surface area contributed by atoms with Gasteiger partial charge in [0.25, 0.3) is 5.56 Å². The second-order valence-corrected chi connectivity index (χ2v) is 7.75. The van der Waals surface area contributed by atoms with Gasteiger partial charge < -0.3 is 5.73 Å². The Hall–Kier alpha value is -3.32. The van der Waals surface area contributed by atoms with Crippen molar-refractivity contribution in [2.45, 2.75) is 19.9 Å². The van der Waals surface area contributed by atoms with Crippen LogP contribution < -0.4 is 11.3 Å². The number of carbonyl (C=O) groups excluding carboxylic acids is 1. The number of carbonyl (C=O) groups is 1. The zero-order chi connectivity index (χ0) is 20.7. The van der Waals surface area contributed by atoms with Crippen molar-refractivity contribution in [1.29, 1.82) is 0 Å². The Balaban J connectivity index is 2.03. The van der Waals surface area contributed by atoms with Gasteiger partial charge in [-0.15, -0.1) is 11.3 Å². The molecule has 0 aliphatic carbocycles. The number of halogens is 1. The maximum absolute atomic E-state index is 13.5. The van der Waals surface area contributed by atoms with Crippen LogP contribution in [0.2, 0.25) is 0 Å². The third-order valence-corrected chi connectivity index (χ3v) is 5.78. The Morgan fingerprint density at radius 1 is 1.10 bits per heavy atom. The number of fused-ring (bicyclic) bond motifs is 1. The molecule has 5 nitrogen and oxygen atoms in total. The number of hydrogen-bond acceptors (Lipinski definition) is 4. The smallest absolute Gasteiger partial charge is 0.263 e. The standard InChI is InChI=1S/C22H18FN3O2S/c1-12-3-5-15(6-4-12)20-25-21-18(22(28)26(20)13(2)19(24)27)17(11-29-21)14-7-9-16(23)10-8-14/h3-11,13H,1-2H3,(H2,24,27). The first kappa shape index (κ1) is 19.0. The van der Waals surface area contributed by atoms with E-state index in [1.807, 2.05) is 36.6 Å². The lowest BCUT2D eigenvalue weighted by Gasteiger charge is -2.17. The quantitative estimate of drug-likeness (QED) is 0.548. The van der Waals surface area contributed by atoms with Gasteiger partial charge in [0.2, 0.25) is 5.91 Å². The topological polar surface area (TPSA) is 78.0 Å². The number of nitrogens with two attached hydrogens (primary N) is 1. The van der Waals surface area contributed by atoms with E-state index in [-0.39, 0.29) is 11.4 Å². The molecule has 1 atom stereocenters. The molecule has 0 bridgehead atoms. The van der Waals surface area contributed by atoms with Crippen molar-refractivity contribution in [3.63, 3.8) is 0 Å². The van der Waals surface area contributed by atoms with E-state index in [0.717, 1.165) is 11.1 Å². The monoisotopic (exact) mass is 407 g/mol. The minimum absolute atomic E-state index is 0.350. The molecule has 0 radical (unpaired) electrons. The van der Waals surface area contributed by atoms with Gasteiger partial charge in [-0.3, -0.25) is 14.2 Å². The summed E-state index contributed by atoms with van der Waals surface area (Å²) >= 11 is 1.33. The highest BCUT2D eigenvalue weighted by Gasteiger charge is 2.23. The van der Waals surface area contributed by atoms with Crippen molar-refractivity contribution in [3.05, 3.63) is 75.6 Å². The molecule has 29 heavy (non-hydrogen) atoms. The molecule has 146 valence electrons. The Labute approximate surface area is 170 Å². The number of aryl methyl sites for hydroxylation is 1. The van der Waals surface area contributed by atoms with E-state index in [4.69, 9.17) is 10.7 Å². The lowest BCUT2D eigenvalue weighted by Crippen LogP contribution is -2.33. The molecule has 0 fully saturated rings. The zero-order valence-electron chi connectivity index (χ0n) is 15.8. The van der Waals surface area contributed by atoms with Crippen LogP contribution in [0.4, 0.5) is 4.39 Å². The highest BCUT2D eigenvalue weighted by molar-refractivity contribution is 7.17. The van der Waals surface area contributed by atoms with Gasteiger partial charge in [0.1, 0.15) is 22.5 Å². The molecule has 4 aromatic rings. The summed E-state index contributed by atoms with van der Waals surface area (Å²) in [5.41, 5.74) is 8.33. The summed E-state index contributed by atoms with van der Waals surface area (Å²) in [7, 11) is 0. The molecular formula is C22H18FN3O2S. The zero-order valence-corrected chi connectivity index (χ0v) is 16.7. The van der Waals surface area contributed by atoms with E-state index in [0.29, 0.717) is 27.2 Å². The number of rotatable bonds is 4. The fraction of sp³-hybridized carbons (Fsp3) is 0.136. The third-order valence-electron chi connectivity index (χ3n) is 4.90. The second-order valence-electron chi connectivity index (χ2n) is 6.89. The summed E-state index contributed by atoms with van der Waals surface area (Å²) in [4.78, 5) is 30.7. The van der Waals surface area contributed by atoms with Gasteiger partial charge in [0.05, 0.1) is 5.39 Å². The Morgan fingerprint density at radius 2 is 1.72 bits per heavy atom. The van der Waals surface area contributed by atoms with Crippen LogP contribution in [0.5, 0.6) is 0 Å². The number of primary amides is 1. The van der Waals surface area contributed by atoms with Crippen molar-refractivity contribution in [2.75, 3.05) is 0 Å². The number of amides is 1. The van der Waals surface area contributed by atoms with Crippen molar-refractivity contribution in [1.82, 2.24) is 9.55 Å². The molecule has 0 saturated heterocycles. The summed E-state index contributed by atoms with van der Waals surface area (Å²) in [5.74, 6) is -0.589. The predicted octanol–water partition coefficient (Wildman–Crippen LogP) is 4.29. The summed E-state index contributed by atoms with van der Waals surface area (Å²) in [6, 6.07) is 12.6. The van der Waals surface area contributed by atoms with Gasteiger partial charge in [-0.2, -0.15) is 0 Å². The minimum Gasteiger partial charge on any atom is -0.368 e. The third kappa shape index (κ3) is 3.34. The van der Waals surface area contributed by atoms with Gasteiger partial charge in [-0.1, -0.05) is 42.0 Å². The van der Waals surface area contributed by atoms with Crippen LogP contribution >= 0.6 is 11.3 Å². The van der Waals surface area contributed by atoms with Gasteiger partial charge in [0.15, 0.2) is 0 Å². The molecule has 0 spiro atoms. The summed E-state index contributed by atoms with van der Waals surface area (Å²) in [6.45, 7) is 3.55. The average molecular weight is 407 g/mol. The van der Waals surface area contributed by atoms with E-state index in [9.17, 15) is 14.0 Å². The number of hydrogen-bond donors (Lipinski definition) is 1. The van der Waals surface area contributed by atoms with Crippen LogP contribution in [0.15, 0.2) is 58.7 Å². The molecule has 0 aliphatic rings. The van der Waals surface area contributed by atoms with Crippen LogP contribution in [0.1, 0.15) is 18.5 Å². The van der Waals surface area contributed by atoms with Gasteiger partial charge in [-0.05, 0) is 31.5 Å². The van der Waals surface area contributed by atoms with Crippen molar-refractivity contribution < 1.29 is 9.18 Å². The molecular weight excluding hydrogens is 389 g/mol. The fourth-order valence-electron chi connectivity index (χ4n) is 3.24. The number of nitrogens with zero attached hydrogens (tertiary/aromatic N) is 2. The normalized spacial score (nSPS) is 12.2. The first-order valence-electron chi connectivity index (χ1n) is 9.03. The van der Waals surface area contributed by atoms with Gasteiger partial charge in [0, 0.05) is 16.5 Å². The molecule has 7 heteroatoms. The molecule has 2 heterocycles. The largest absolute Gasteiger partial charge is 0.368 e. The van der Waals surface area contributed by atoms with Crippen LogP contribution in [0.25, 0.3) is 32.7 Å². The molecule has 1 unspecified atom stereocenters. The Kier molecular flexibility index (Phi) is 4.76. The van der Waals surface area contributed by atoms with E-state index in [2.05, 4.69) is 0 Å². The molecule has 2 aromatic heterocycles. The first-order chi connectivity index (χ1) is 13.9. The SMILES string of the molecule is Cc1ccc(-c2nc3scc(-c4ccc(F)cc4)c3c(=O)n2C(C)C(N)=O)cc1.